The summed E-state index contributed by atoms with van der Waals surface area (Å²) in [5, 5.41) is 0. The van der Waals surface area contributed by atoms with Crippen LogP contribution in [0.3, 0.4) is 0 Å². The molecule has 1 heterocycles. The summed E-state index contributed by atoms with van der Waals surface area (Å²) in [6.07, 6.45) is 9.38. The molecule has 0 radical (unpaired) electrons. The number of allylic oxidation sites excluding steroid dienone is 4. The molecule has 1 aliphatic carbocycles. The Morgan fingerprint density at radius 2 is 2.07 bits per heavy atom. The number of anilines is 1. The van der Waals surface area contributed by atoms with Gasteiger partial charge in [-0.05, 0) is 22.6 Å². The van der Waals surface area contributed by atoms with Crippen molar-refractivity contribution in [1.82, 2.24) is 9.55 Å². The Morgan fingerprint density at radius 3 is 2.71 bits per heavy atom. The minimum atomic E-state index is -0.316. The molecule has 1 aromatic heterocycles. The number of halogens is 1. The maximum Gasteiger partial charge on any atom is 0.350 e. The van der Waals surface area contributed by atoms with E-state index < -0.39 is 0 Å². The van der Waals surface area contributed by atoms with Crippen LogP contribution in [0.1, 0.15) is 6.04 Å². The van der Waals surface area contributed by atoms with E-state index in [1.807, 2.05) is 24.3 Å². The van der Waals surface area contributed by atoms with Crippen molar-refractivity contribution in [2.45, 2.75) is 6.04 Å². The number of hydrogen-bond donors (Lipinski definition) is 1. The number of nitrogens with two attached hydrogens (primary N) is 1. The molecule has 0 saturated carbocycles. The van der Waals surface area contributed by atoms with Crippen LogP contribution in [0.25, 0.3) is 0 Å². The summed E-state index contributed by atoms with van der Waals surface area (Å²) in [4.78, 5) is 15.2. The lowest BCUT2D eigenvalue weighted by atomic mass is 10.3. The van der Waals surface area contributed by atoms with E-state index in [9.17, 15) is 4.79 Å². The molecule has 0 bridgehead atoms. The van der Waals surface area contributed by atoms with Gasteiger partial charge in [0.05, 0.1) is 9.61 Å². The topological polar surface area (TPSA) is 60.9 Å². The van der Waals surface area contributed by atoms with Gasteiger partial charge < -0.3 is 5.73 Å². The third-order valence-corrected chi connectivity index (χ3v) is 2.81. The molecule has 0 fully saturated rings. The van der Waals surface area contributed by atoms with Crippen LogP contribution < -0.4 is 11.4 Å². The van der Waals surface area contributed by atoms with Crippen molar-refractivity contribution >= 4 is 28.4 Å². The fourth-order valence-corrected chi connectivity index (χ4v) is 1.70. The van der Waals surface area contributed by atoms with Crippen LogP contribution in [-0.2, 0) is 0 Å². The van der Waals surface area contributed by atoms with Crippen LogP contribution in [-0.4, -0.2) is 9.55 Å². The highest BCUT2D eigenvalue weighted by molar-refractivity contribution is 14.1. The lowest BCUT2D eigenvalue weighted by molar-refractivity contribution is 0.670. The average Bonchev–Trinajstić information content (AvgIpc) is 2.64. The number of aromatic nitrogens is 2. The predicted octanol–water partition coefficient (Wildman–Crippen LogP) is 1.10. The predicted molar refractivity (Wildman–Crippen MR) is 62.9 cm³/mol. The molecule has 0 aromatic carbocycles. The Kier molecular flexibility index (Phi) is 2.40. The maximum atomic E-state index is 11.5. The van der Waals surface area contributed by atoms with E-state index in [0.29, 0.717) is 0 Å². The summed E-state index contributed by atoms with van der Waals surface area (Å²) in [5.74, 6) is 0.290. The summed E-state index contributed by atoms with van der Waals surface area (Å²) in [7, 11) is 0. The van der Waals surface area contributed by atoms with Gasteiger partial charge in [0.1, 0.15) is 5.82 Å². The smallest absolute Gasteiger partial charge is 0.350 e. The van der Waals surface area contributed by atoms with Crippen molar-refractivity contribution in [2.75, 3.05) is 5.73 Å². The first-order valence-electron chi connectivity index (χ1n) is 4.07. The monoisotopic (exact) mass is 301 g/mol. The molecule has 2 N–H and O–H groups in total. The third-order valence-electron chi connectivity index (χ3n) is 1.98. The standard InChI is InChI=1S/C9H8IN3O/c10-7-5-13(6-3-1-2-4-6)9(14)12-8(7)11/h1-6H,(H2,11,12,14). The third kappa shape index (κ3) is 1.59. The average molecular weight is 301 g/mol. The van der Waals surface area contributed by atoms with Crippen LogP contribution in [0.2, 0.25) is 0 Å². The van der Waals surface area contributed by atoms with Gasteiger partial charge in [-0.3, -0.25) is 4.57 Å². The Labute approximate surface area is 94.3 Å². The van der Waals surface area contributed by atoms with E-state index in [4.69, 9.17) is 5.73 Å². The molecule has 1 aliphatic rings. The lowest BCUT2D eigenvalue weighted by Crippen LogP contribution is -2.26. The molecule has 0 amide bonds. The molecule has 0 aliphatic heterocycles. The van der Waals surface area contributed by atoms with Crippen molar-refractivity contribution in [3.63, 3.8) is 0 Å². The van der Waals surface area contributed by atoms with Crippen molar-refractivity contribution in [2.24, 2.45) is 0 Å². The van der Waals surface area contributed by atoms with Crippen molar-refractivity contribution in [3.8, 4) is 0 Å². The van der Waals surface area contributed by atoms with Crippen LogP contribution in [0.5, 0.6) is 0 Å². The molecule has 5 heteroatoms. The van der Waals surface area contributed by atoms with Gasteiger partial charge in [-0.1, -0.05) is 24.3 Å². The first kappa shape index (κ1) is 9.45. The Bertz CT molecular complexity index is 463. The van der Waals surface area contributed by atoms with Crippen molar-refractivity contribution in [1.29, 1.82) is 0 Å². The second-order valence-electron chi connectivity index (χ2n) is 2.92. The van der Waals surface area contributed by atoms with E-state index in [1.54, 1.807) is 10.8 Å². The van der Waals surface area contributed by atoms with Gasteiger partial charge in [0.15, 0.2) is 0 Å². The van der Waals surface area contributed by atoms with E-state index in [0.717, 1.165) is 3.57 Å². The first-order valence-corrected chi connectivity index (χ1v) is 5.15. The van der Waals surface area contributed by atoms with Crippen LogP contribution >= 0.6 is 22.6 Å². The molecule has 0 atom stereocenters. The summed E-state index contributed by atoms with van der Waals surface area (Å²) in [5.41, 5.74) is 5.20. The fraction of sp³-hybridized carbons (Fsp3) is 0.111. The van der Waals surface area contributed by atoms with Crippen molar-refractivity contribution < 1.29 is 0 Å². The number of nitrogen functional groups attached to an aromatic ring is 1. The van der Waals surface area contributed by atoms with Gasteiger partial charge in [-0.25, -0.2) is 4.79 Å². The summed E-state index contributed by atoms with van der Waals surface area (Å²) in [6.45, 7) is 0. The molecular weight excluding hydrogens is 293 g/mol. The molecule has 0 spiro atoms. The Balaban J connectivity index is 2.53. The SMILES string of the molecule is Nc1nc(=O)n(C2C=CC=C2)cc1I. The number of hydrogen-bond acceptors (Lipinski definition) is 3. The minimum absolute atomic E-state index is 0.0240. The largest absolute Gasteiger partial charge is 0.383 e. The zero-order valence-corrected chi connectivity index (χ0v) is 9.38. The second-order valence-corrected chi connectivity index (χ2v) is 4.09. The zero-order valence-electron chi connectivity index (χ0n) is 7.22. The molecule has 2 rings (SSSR count). The zero-order chi connectivity index (χ0) is 10.1. The quantitative estimate of drug-likeness (QED) is 0.790. The summed E-state index contributed by atoms with van der Waals surface area (Å²) in [6, 6.07) is -0.0240. The molecule has 1 aromatic rings. The molecule has 0 unspecified atom stereocenters. The Morgan fingerprint density at radius 1 is 1.43 bits per heavy atom. The molecule has 4 nitrogen and oxygen atoms in total. The van der Waals surface area contributed by atoms with E-state index in [2.05, 4.69) is 27.6 Å². The van der Waals surface area contributed by atoms with Crippen LogP contribution in [0.15, 0.2) is 35.3 Å². The molecule has 0 saturated heterocycles. The fourth-order valence-electron chi connectivity index (χ4n) is 1.28. The van der Waals surface area contributed by atoms with Crippen molar-refractivity contribution in [3.05, 3.63) is 44.6 Å². The summed E-state index contributed by atoms with van der Waals surface area (Å²) < 4.78 is 2.34. The molecule has 14 heavy (non-hydrogen) atoms. The minimum Gasteiger partial charge on any atom is -0.383 e. The van der Waals surface area contributed by atoms with Gasteiger partial charge in [0.2, 0.25) is 0 Å². The Hall–Kier alpha value is -1.11. The van der Waals surface area contributed by atoms with E-state index in [1.165, 1.54) is 0 Å². The highest BCUT2D eigenvalue weighted by Gasteiger charge is 2.10. The van der Waals surface area contributed by atoms with E-state index in [-0.39, 0.29) is 17.5 Å². The number of nitrogens with zero attached hydrogens (tertiary/aromatic N) is 2. The van der Waals surface area contributed by atoms with Gasteiger partial charge in [0, 0.05) is 6.20 Å². The molecule has 72 valence electrons. The highest BCUT2D eigenvalue weighted by Crippen LogP contribution is 2.16. The maximum absolute atomic E-state index is 11.5. The summed E-state index contributed by atoms with van der Waals surface area (Å²) >= 11 is 2.06. The van der Waals surface area contributed by atoms with Crippen LogP contribution in [0.4, 0.5) is 5.82 Å². The highest BCUT2D eigenvalue weighted by atomic mass is 127. The van der Waals surface area contributed by atoms with Crippen LogP contribution in [0, 0.1) is 3.57 Å². The van der Waals surface area contributed by atoms with E-state index >= 15 is 0 Å². The number of rotatable bonds is 1. The normalized spacial score (nSPS) is 15.2. The molecular formula is C9H8IN3O. The van der Waals surface area contributed by atoms with Gasteiger partial charge in [-0.15, -0.1) is 0 Å². The first-order chi connectivity index (χ1) is 6.68. The van der Waals surface area contributed by atoms with Gasteiger partial charge in [-0.2, -0.15) is 4.98 Å². The second kappa shape index (κ2) is 3.56. The van der Waals surface area contributed by atoms with Gasteiger partial charge in [0.25, 0.3) is 0 Å². The van der Waals surface area contributed by atoms with Gasteiger partial charge >= 0.3 is 5.69 Å². The lowest BCUT2D eigenvalue weighted by Gasteiger charge is -2.10.